The molecule has 15 heavy (non-hydrogen) atoms. The van der Waals surface area contributed by atoms with Crippen LogP contribution in [0.15, 0.2) is 30.3 Å². The molecule has 0 amide bonds. The van der Waals surface area contributed by atoms with Gasteiger partial charge in [-0.3, -0.25) is 4.79 Å². The van der Waals surface area contributed by atoms with Crippen molar-refractivity contribution in [3.63, 3.8) is 0 Å². The largest absolute Gasteiger partial charge is 0.290 e. The van der Waals surface area contributed by atoms with Crippen LogP contribution >= 0.6 is 0 Å². The zero-order chi connectivity index (χ0) is 10.9. The molecule has 0 aliphatic carbocycles. The van der Waals surface area contributed by atoms with Gasteiger partial charge in [0.25, 0.3) is 0 Å². The van der Waals surface area contributed by atoms with Crippen LogP contribution in [0.25, 0.3) is 0 Å². The summed E-state index contributed by atoms with van der Waals surface area (Å²) < 4.78 is 0. The van der Waals surface area contributed by atoms with Gasteiger partial charge in [0.05, 0.1) is 5.92 Å². The minimum Gasteiger partial charge on any atom is -0.290 e. The Bertz CT molecular complexity index is 266. The van der Waals surface area contributed by atoms with Gasteiger partial charge in [-0.1, -0.05) is 62.9 Å². The quantitative estimate of drug-likeness (QED) is 0.615. The van der Waals surface area contributed by atoms with Crippen molar-refractivity contribution in [2.45, 2.75) is 44.9 Å². The molecule has 0 saturated heterocycles. The van der Waals surface area contributed by atoms with E-state index in [9.17, 15) is 4.79 Å². The van der Waals surface area contributed by atoms with E-state index in [4.69, 9.17) is 0 Å². The van der Waals surface area contributed by atoms with Gasteiger partial charge in [0.2, 0.25) is 6.29 Å². The summed E-state index contributed by atoms with van der Waals surface area (Å²) in [4.78, 5) is 10.8. The highest BCUT2D eigenvalue weighted by molar-refractivity contribution is 5.62. The lowest BCUT2D eigenvalue weighted by atomic mass is 9.94. The number of hydrogen-bond acceptors (Lipinski definition) is 1. The summed E-state index contributed by atoms with van der Waals surface area (Å²) in [6, 6.07) is 9.95. The molecule has 0 aromatic heterocycles. The Morgan fingerprint density at radius 2 is 1.87 bits per heavy atom. The highest BCUT2D eigenvalue weighted by Crippen LogP contribution is 2.20. The number of rotatable bonds is 7. The number of hydrogen-bond donors (Lipinski definition) is 0. The molecule has 0 saturated carbocycles. The first-order valence-electron chi connectivity index (χ1n) is 5.81. The molecule has 81 valence electrons. The van der Waals surface area contributed by atoms with Crippen LogP contribution in [0.4, 0.5) is 0 Å². The molecule has 0 heterocycles. The third kappa shape index (κ3) is 4.28. The normalized spacial score (nSPS) is 12.3. The van der Waals surface area contributed by atoms with Crippen LogP contribution in [0.1, 0.15) is 50.5 Å². The van der Waals surface area contributed by atoms with Gasteiger partial charge in [-0.25, -0.2) is 0 Å². The van der Waals surface area contributed by atoms with Gasteiger partial charge in [0, 0.05) is 0 Å². The zero-order valence-electron chi connectivity index (χ0n) is 9.41. The SMILES string of the molecule is CCCCCCC([C]=O)c1ccccc1. The Morgan fingerprint density at radius 1 is 1.13 bits per heavy atom. The number of carbonyl (C=O) groups excluding carboxylic acids is 1. The summed E-state index contributed by atoms with van der Waals surface area (Å²) in [5, 5.41) is 0. The second-order valence-electron chi connectivity index (χ2n) is 3.93. The smallest absolute Gasteiger partial charge is 0.206 e. The highest BCUT2D eigenvalue weighted by atomic mass is 16.1. The summed E-state index contributed by atoms with van der Waals surface area (Å²) in [5.74, 6) is -0.0249. The predicted octanol–water partition coefficient (Wildman–Crippen LogP) is 3.85. The lowest BCUT2D eigenvalue weighted by Crippen LogP contribution is -1.99. The lowest BCUT2D eigenvalue weighted by molar-refractivity contribution is 0.527. The fourth-order valence-electron chi connectivity index (χ4n) is 1.75. The molecule has 1 rings (SSSR count). The van der Waals surface area contributed by atoms with Crippen molar-refractivity contribution < 1.29 is 4.79 Å². The van der Waals surface area contributed by atoms with Crippen molar-refractivity contribution in [2.24, 2.45) is 0 Å². The van der Waals surface area contributed by atoms with Crippen molar-refractivity contribution in [3.05, 3.63) is 35.9 Å². The van der Waals surface area contributed by atoms with E-state index in [-0.39, 0.29) is 5.92 Å². The van der Waals surface area contributed by atoms with E-state index in [0.717, 1.165) is 18.4 Å². The van der Waals surface area contributed by atoms with Crippen LogP contribution in [-0.4, -0.2) is 6.29 Å². The molecule has 0 spiro atoms. The van der Waals surface area contributed by atoms with Crippen LogP contribution in [0.3, 0.4) is 0 Å². The molecule has 0 bridgehead atoms. The fraction of sp³-hybridized carbons (Fsp3) is 0.500. The first-order chi connectivity index (χ1) is 7.38. The van der Waals surface area contributed by atoms with Gasteiger partial charge in [-0.2, -0.15) is 0 Å². The molecule has 0 N–H and O–H groups in total. The van der Waals surface area contributed by atoms with Crippen molar-refractivity contribution >= 4 is 6.29 Å². The van der Waals surface area contributed by atoms with Crippen molar-refractivity contribution in [1.82, 2.24) is 0 Å². The molecule has 1 aromatic carbocycles. The molecule has 1 heteroatoms. The van der Waals surface area contributed by atoms with Crippen molar-refractivity contribution in [2.75, 3.05) is 0 Å². The van der Waals surface area contributed by atoms with Gasteiger partial charge < -0.3 is 0 Å². The summed E-state index contributed by atoms with van der Waals surface area (Å²) in [6.45, 7) is 2.19. The maximum atomic E-state index is 10.8. The number of benzene rings is 1. The third-order valence-corrected chi connectivity index (χ3v) is 2.69. The summed E-state index contributed by atoms with van der Waals surface area (Å²) in [7, 11) is 0. The van der Waals surface area contributed by atoms with Gasteiger partial charge in [-0.05, 0) is 12.0 Å². The molecule has 0 aliphatic heterocycles. The van der Waals surface area contributed by atoms with Crippen molar-refractivity contribution in [3.8, 4) is 0 Å². The molecular weight excluding hydrogens is 184 g/mol. The average Bonchev–Trinajstić information content (AvgIpc) is 2.30. The van der Waals surface area contributed by atoms with E-state index in [0.29, 0.717) is 0 Å². The third-order valence-electron chi connectivity index (χ3n) is 2.69. The van der Waals surface area contributed by atoms with Crippen LogP contribution < -0.4 is 0 Å². The van der Waals surface area contributed by atoms with Gasteiger partial charge in [0.1, 0.15) is 0 Å². The Hall–Kier alpha value is -1.11. The summed E-state index contributed by atoms with van der Waals surface area (Å²) >= 11 is 0. The molecular formula is C14H19O. The van der Waals surface area contributed by atoms with Crippen molar-refractivity contribution in [1.29, 1.82) is 0 Å². The standard InChI is InChI=1S/C14H19O/c1-2-3-4-6-11-14(12-15)13-9-7-5-8-10-13/h5,7-10,14H,2-4,6,11H2,1H3. The molecule has 1 unspecified atom stereocenters. The molecule has 0 fully saturated rings. The average molecular weight is 203 g/mol. The maximum absolute atomic E-state index is 10.8. The molecule has 0 aliphatic rings. The van der Waals surface area contributed by atoms with Gasteiger partial charge in [-0.15, -0.1) is 0 Å². The Labute approximate surface area is 92.5 Å². The number of unbranched alkanes of at least 4 members (excludes halogenated alkanes) is 3. The topological polar surface area (TPSA) is 17.1 Å². The zero-order valence-corrected chi connectivity index (χ0v) is 9.41. The lowest BCUT2D eigenvalue weighted by Gasteiger charge is -2.08. The monoisotopic (exact) mass is 203 g/mol. The first-order valence-corrected chi connectivity index (χ1v) is 5.81. The predicted molar refractivity (Wildman–Crippen MR) is 63.6 cm³/mol. The van der Waals surface area contributed by atoms with Crippen LogP contribution in [0, 0.1) is 0 Å². The molecule has 1 nitrogen and oxygen atoms in total. The molecule has 1 aromatic rings. The summed E-state index contributed by atoms with van der Waals surface area (Å²) in [6.07, 6.45) is 7.94. The van der Waals surface area contributed by atoms with Crippen LogP contribution in [0.2, 0.25) is 0 Å². The maximum Gasteiger partial charge on any atom is 0.206 e. The fourth-order valence-corrected chi connectivity index (χ4v) is 1.75. The Morgan fingerprint density at radius 3 is 2.47 bits per heavy atom. The van der Waals surface area contributed by atoms with Gasteiger partial charge >= 0.3 is 0 Å². The molecule has 1 radical (unpaired) electrons. The van der Waals surface area contributed by atoms with E-state index in [1.165, 1.54) is 19.3 Å². The second kappa shape index (κ2) is 7.22. The van der Waals surface area contributed by atoms with E-state index in [1.807, 2.05) is 30.3 Å². The Balaban J connectivity index is 2.39. The molecule has 1 atom stereocenters. The van der Waals surface area contributed by atoms with E-state index >= 15 is 0 Å². The highest BCUT2D eigenvalue weighted by Gasteiger charge is 2.09. The van der Waals surface area contributed by atoms with E-state index in [2.05, 4.69) is 13.2 Å². The van der Waals surface area contributed by atoms with Crippen LogP contribution in [-0.2, 0) is 4.79 Å². The van der Waals surface area contributed by atoms with E-state index < -0.39 is 0 Å². The minimum absolute atomic E-state index is 0.0249. The van der Waals surface area contributed by atoms with E-state index in [1.54, 1.807) is 0 Å². The summed E-state index contributed by atoms with van der Waals surface area (Å²) in [5.41, 5.74) is 1.10. The second-order valence-corrected chi connectivity index (χ2v) is 3.93. The van der Waals surface area contributed by atoms with Gasteiger partial charge in [0.15, 0.2) is 0 Å². The van der Waals surface area contributed by atoms with Crippen LogP contribution in [0.5, 0.6) is 0 Å². The Kier molecular flexibility index (Phi) is 5.76. The minimum atomic E-state index is -0.0249. The first kappa shape index (κ1) is 12.0.